The van der Waals surface area contributed by atoms with Crippen molar-refractivity contribution in [3.63, 3.8) is 0 Å². The highest BCUT2D eigenvalue weighted by Gasteiger charge is 2.26. The van der Waals surface area contributed by atoms with Gasteiger partial charge in [0.2, 0.25) is 0 Å². The molecule has 0 bridgehead atoms. The first-order chi connectivity index (χ1) is 7.50. The van der Waals surface area contributed by atoms with Crippen LogP contribution in [0.4, 0.5) is 0 Å². The van der Waals surface area contributed by atoms with E-state index in [4.69, 9.17) is 5.73 Å². The highest BCUT2D eigenvalue weighted by molar-refractivity contribution is 5.53. The molecule has 0 unspecified atom stereocenters. The van der Waals surface area contributed by atoms with Gasteiger partial charge in [0.15, 0.2) is 0 Å². The molecule has 1 aromatic carbocycles. The molecular formula is C14H21NO. The summed E-state index contributed by atoms with van der Waals surface area (Å²) in [5.74, 6) is 1.01. The van der Waals surface area contributed by atoms with Gasteiger partial charge in [-0.3, -0.25) is 0 Å². The van der Waals surface area contributed by atoms with Crippen LogP contribution >= 0.6 is 0 Å². The third-order valence-corrected chi connectivity index (χ3v) is 3.46. The van der Waals surface area contributed by atoms with Crippen LogP contribution in [0.2, 0.25) is 0 Å². The summed E-state index contributed by atoms with van der Waals surface area (Å²) in [6, 6.07) is 2.16. The second-order valence-corrected chi connectivity index (χ2v) is 5.34. The zero-order chi connectivity index (χ0) is 11.9. The average molecular weight is 219 g/mol. The number of hydrogen-bond acceptors (Lipinski definition) is 2. The van der Waals surface area contributed by atoms with Crippen molar-refractivity contribution in [2.24, 2.45) is 11.7 Å². The summed E-state index contributed by atoms with van der Waals surface area (Å²) in [7, 11) is 0. The Kier molecular flexibility index (Phi) is 2.94. The highest BCUT2D eigenvalue weighted by atomic mass is 16.3. The molecule has 0 aromatic heterocycles. The molecule has 1 aliphatic carbocycles. The normalized spacial score (nSPS) is 19.2. The van der Waals surface area contributed by atoms with Crippen LogP contribution in [-0.2, 0) is 12.8 Å². The second-order valence-electron chi connectivity index (χ2n) is 5.34. The lowest BCUT2D eigenvalue weighted by molar-refractivity contribution is 0.451. The first kappa shape index (κ1) is 11.5. The van der Waals surface area contributed by atoms with Crippen molar-refractivity contribution in [1.82, 2.24) is 0 Å². The molecule has 1 atom stereocenters. The van der Waals surface area contributed by atoms with Gasteiger partial charge in [0.25, 0.3) is 0 Å². The maximum atomic E-state index is 10.3. The van der Waals surface area contributed by atoms with Gasteiger partial charge in [-0.15, -0.1) is 0 Å². The summed E-state index contributed by atoms with van der Waals surface area (Å²) in [5, 5.41) is 10.3. The van der Waals surface area contributed by atoms with Crippen LogP contribution < -0.4 is 5.73 Å². The van der Waals surface area contributed by atoms with Crippen LogP contribution in [0, 0.1) is 12.8 Å². The van der Waals surface area contributed by atoms with Crippen molar-refractivity contribution in [3.8, 4) is 5.75 Å². The maximum Gasteiger partial charge on any atom is 0.123 e. The number of aryl methyl sites for hydroxylation is 1. The summed E-state index contributed by atoms with van der Waals surface area (Å²) < 4.78 is 0. The molecule has 0 saturated heterocycles. The van der Waals surface area contributed by atoms with Crippen LogP contribution in [0.25, 0.3) is 0 Å². The largest absolute Gasteiger partial charge is 0.507 e. The van der Waals surface area contributed by atoms with E-state index < -0.39 is 0 Å². The van der Waals surface area contributed by atoms with E-state index in [1.54, 1.807) is 0 Å². The standard InChI is InChI=1S/C14H21NO/c1-8(2)6-10-7-9(3)11-4-5-12(15)13(11)14(10)16/h7-8,12,16H,4-6,15H2,1-3H3/t12-/m0/s1. The molecular weight excluding hydrogens is 198 g/mol. The molecule has 2 heteroatoms. The fraction of sp³-hybridized carbons (Fsp3) is 0.571. The van der Waals surface area contributed by atoms with Crippen LogP contribution in [-0.4, -0.2) is 5.11 Å². The van der Waals surface area contributed by atoms with E-state index in [9.17, 15) is 5.11 Å². The van der Waals surface area contributed by atoms with Crippen LogP contribution in [0.3, 0.4) is 0 Å². The molecule has 0 heterocycles. The van der Waals surface area contributed by atoms with Gasteiger partial charge in [-0.1, -0.05) is 19.9 Å². The molecule has 0 fully saturated rings. The van der Waals surface area contributed by atoms with E-state index in [-0.39, 0.29) is 6.04 Å². The van der Waals surface area contributed by atoms with Crippen LogP contribution in [0.15, 0.2) is 6.07 Å². The zero-order valence-corrected chi connectivity index (χ0v) is 10.4. The summed E-state index contributed by atoms with van der Waals surface area (Å²) in [6.45, 7) is 6.46. The minimum Gasteiger partial charge on any atom is -0.507 e. The van der Waals surface area contributed by atoms with Crippen molar-refractivity contribution < 1.29 is 5.11 Å². The summed E-state index contributed by atoms with van der Waals surface area (Å²) in [6.07, 6.45) is 2.90. The molecule has 2 rings (SSSR count). The van der Waals surface area contributed by atoms with Crippen molar-refractivity contribution in [2.75, 3.05) is 0 Å². The van der Waals surface area contributed by atoms with E-state index in [1.165, 1.54) is 11.1 Å². The number of phenolic OH excluding ortho intramolecular Hbond substituents is 1. The molecule has 0 spiro atoms. The average Bonchev–Trinajstić information content (AvgIpc) is 2.56. The number of aromatic hydroxyl groups is 1. The van der Waals surface area contributed by atoms with Gasteiger partial charge in [-0.2, -0.15) is 0 Å². The lowest BCUT2D eigenvalue weighted by atomic mass is 9.93. The fourth-order valence-electron chi connectivity index (χ4n) is 2.72. The monoisotopic (exact) mass is 219 g/mol. The van der Waals surface area contributed by atoms with Gasteiger partial charge in [-0.05, 0) is 48.8 Å². The summed E-state index contributed by atoms with van der Waals surface area (Å²) in [5.41, 5.74) is 10.7. The first-order valence-electron chi connectivity index (χ1n) is 6.10. The topological polar surface area (TPSA) is 46.2 Å². The number of benzene rings is 1. The predicted octanol–water partition coefficient (Wildman–Crippen LogP) is 2.85. The quantitative estimate of drug-likeness (QED) is 0.803. The fourth-order valence-corrected chi connectivity index (χ4v) is 2.72. The van der Waals surface area contributed by atoms with Gasteiger partial charge < -0.3 is 10.8 Å². The Hall–Kier alpha value is -1.02. The van der Waals surface area contributed by atoms with E-state index in [0.29, 0.717) is 11.7 Å². The lowest BCUT2D eigenvalue weighted by Crippen LogP contribution is -2.07. The Bertz CT molecular complexity index is 410. The van der Waals surface area contributed by atoms with E-state index in [1.807, 2.05) is 0 Å². The minimum absolute atomic E-state index is 0.0285. The third-order valence-electron chi connectivity index (χ3n) is 3.46. The third kappa shape index (κ3) is 1.82. The molecule has 0 amide bonds. The summed E-state index contributed by atoms with van der Waals surface area (Å²) >= 11 is 0. The SMILES string of the molecule is Cc1cc(CC(C)C)c(O)c2c1CC[C@@H]2N. The number of phenols is 1. The Morgan fingerprint density at radius 1 is 1.50 bits per heavy atom. The Morgan fingerprint density at radius 2 is 2.19 bits per heavy atom. The number of nitrogens with two attached hydrogens (primary N) is 1. The Labute approximate surface area is 97.5 Å². The number of rotatable bonds is 2. The molecule has 1 aromatic rings. The molecule has 3 N–H and O–H groups in total. The molecule has 2 nitrogen and oxygen atoms in total. The van der Waals surface area contributed by atoms with Crippen LogP contribution in [0.1, 0.15) is 48.6 Å². The first-order valence-corrected chi connectivity index (χ1v) is 6.10. The maximum absolute atomic E-state index is 10.3. The highest BCUT2D eigenvalue weighted by Crippen LogP contribution is 2.40. The van der Waals surface area contributed by atoms with Gasteiger partial charge in [0.05, 0.1) is 0 Å². The van der Waals surface area contributed by atoms with E-state index in [0.717, 1.165) is 30.4 Å². The molecule has 1 aliphatic rings. The van der Waals surface area contributed by atoms with Gasteiger partial charge in [0.1, 0.15) is 5.75 Å². The molecule has 0 radical (unpaired) electrons. The van der Waals surface area contributed by atoms with E-state index >= 15 is 0 Å². The number of fused-ring (bicyclic) bond motifs is 1. The summed E-state index contributed by atoms with van der Waals surface area (Å²) in [4.78, 5) is 0. The van der Waals surface area contributed by atoms with Crippen LogP contribution in [0.5, 0.6) is 5.75 Å². The van der Waals surface area contributed by atoms with E-state index in [2.05, 4.69) is 26.8 Å². The number of hydrogen-bond donors (Lipinski definition) is 2. The second kappa shape index (κ2) is 4.10. The lowest BCUT2D eigenvalue weighted by Gasteiger charge is -2.15. The molecule has 16 heavy (non-hydrogen) atoms. The van der Waals surface area contributed by atoms with Gasteiger partial charge in [0, 0.05) is 11.6 Å². The van der Waals surface area contributed by atoms with Crippen molar-refractivity contribution in [1.29, 1.82) is 0 Å². The van der Waals surface area contributed by atoms with Gasteiger partial charge in [-0.25, -0.2) is 0 Å². The minimum atomic E-state index is 0.0285. The smallest absolute Gasteiger partial charge is 0.123 e. The van der Waals surface area contributed by atoms with Crippen molar-refractivity contribution in [3.05, 3.63) is 28.3 Å². The predicted molar refractivity (Wildman–Crippen MR) is 66.6 cm³/mol. The molecule has 88 valence electrons. The zero-order valence-electron chi connectivity index (χ0n) is 10.4. The van der Waals surface area contributed by atoms with Gasteiger partial charge >= 0.3 is 0 Å². The van der Waals surface area contributed by atoms with Crippen molar-refractivity contribution >= 4 is 0 Å². The van der Waals surface area contributed by atoms with Crippen molar-refractivity contribution in [2.45, 2.75) is 46.1 Å². The Morgan fingerprint density at radius 3 is 2.81 bits per heavy atom. The Balaban J connectivity index is 2.50. The molecule has 0 saturated carbocycles. The molecule has 0 aliphatic heterocycles.